The number of hydrogen-bond acceptors (Lipinski definition) is 1. The molecule has 1 heterocycles. The molecule has 6 heteroatoms. The fourth-order valence-corrected chi connectivity index (χ4v) is 2.70. The minimum atomic E-state index is 0. The van der Waals surface area contributed by atoms with Crippen LogP contribution in [0.2, 0.25) is 0 Å². The van der Waals surface area contributed by atoms with Crippen LogP contribution in [-0.2, 0) is 21.7 Å². The van der Waals surface area contributed by atoms with Crippen LogP contribution in [0.25, 0.3) is 0 Å². The monoisotopic (exact) mass is 418 g/mol. The molecule has 0 saturated carbocycles. The minimum absolute atomic E-state index is 0. The summed E-state index contributed by atoms with van der Waals surface area (Å²) in [6.07, 6.45) is 7.29. The smallest absolute Gasteiger partial charge is 1.00 e. The molecule has 23 heavy (non-hydrogen) atoms. The van der Waals surface area contributed by atoms with E-state index in [2.05, 4.69) is 71.9 Å². The fourth-order valence-electron chi connectivity index (χ4n) is 1.84. The molecule has 0 saturated heterocycles. The van der Waals surface area contributed by atoms with Gasteiger partial charge in [0.15, 0.2) is 0 Å². The first-order valence-corrected chi connectivity index (χ1v) is 7.77. The topological polar surface area (TPSA) is 63.0 Å². The Labute approximate surface area is 174 Å². The van der Waals surface area contributed by atoms with Crippen LogP contribution >= 0.6 is 11.3 Å². The van der Waals surface area contributed by atoms with Crippen LogP contribution in [0.5, 0.6) is 0 Å². The van der Waals surface area contributed by atoms with Gasteiger partial charge in [-0.15, -0.1) is 11.3 Å². The van der Waals surface area contributed by atoms with Gasteiger partial charge in [-0.3, -0.25) is 0 Å². The first-order valence-electron chi connectivity index (χ1n) is 6.89. The maximum Gasteiger partial charge on any atom is 4.00 e. The van der Waals surface area contributed by atoms with Gasteiger partial charge in [-0.05, 0) is 11.4 Å². The Balaban J connectivity index is -0.000000216. The van der Waals surface area contributed by atoms with Crippen molar-refractivity contribution in [2.24, 2.45) is 10.8 Å². The molecule has 0 atom stereocenters. The number of thiophene rings is 1. The molecule has 0 fully saturated rings. The zero-order valence-corrected chi connectivity index (χ0v) is 18.9. The van der Waals surface area contributed by atoms with E-state index in [9.17, 15) is 0 Å². The summed E-state index contributed by atoms with van der Waals surface area (Å²) in [5.41, 5.74) is 0.633. The predicted octanol–water partition coefficient (Wildman–Crippen LogP) is -1.53. The van der Waals surface area contributed by atoms with Gasteiger partial charge < -0.3 is 48.6 Å². The molecule has 0 spiro atoms. The second-order valence-corrected chi connectivity index (χ2v) is 8.30. The van der Waals surface area contributed by atoms with Gasteiger partial charge in [0.2, 0.25) is 0 Å². The number of halogens is 2. The zero-order chi connectivity index (χ0) is 13.8. The van der Waals surface area contributed by atoms with Crippen LogP contribution in [0.15, 0.2) is 17.5 Å². The Morgan fingerprint density at radius 1 is 0.913 bits per heavy atom. The normalized spacial score (nSPS) is 10.4. The second kappa shape index (κ2) is 15.2. The van der Waals surface area contributed by atoms with Crippen LogP contribution in [0, 0.1) is 23.7 Å². The molecule has 0 radical (unpaired) electrons. The first-order chi connectivity index (χ1) is 8.17. The van der Waals surface area contributed by atoms with E-state index in [1.165, 1.54) is 17.7 Å². The van der Waals surface area contributed by atoms with Crippen molar-refractivity contribution in [3.63, 3.8) is 0 Å². The van der Waals surface area contributed by atoms with E-state index in [-0.39, 0.29) is 57.5 Å². The van der Waals surface area contributed by atoms with Crippen molar-refractivity contribution < 1.29 is 57.5 Å². The van der Waals surface area contributed by atoms with Crippen molar-refractivity contribution >= 4 is 11.3 Å². The summed E-state index contributed by atoms with van der Waals surface area (Å²) in [4.78, 5) is 1.52. The van der Waals surface area contributed by atoms with E-state index in [0.717, 1.165) is 0 Å². The first kappa shape index (κ1) is 35.1. The summed E-state index contributed by atoms with van der Waals surface area (Å²) in [6, 6.07) is 4.45. The Morgan fingerprint density at radius 3 is 1.57 bits per heavy atom. The average molecular weight is 419 g/mol. The van der Waals surface area contributed by atoms with Gasteiger partial charge in [-0.1, -0.05) is 53.5 Å². The van der Waals surface area contributed by atoms with E-state index < -0.39 is 0 Å². The summed E-state index contributed by atoms with van der Waals surface area (Å²) in [7, 11) is 0. The summed E-state index contributed by atoms with van der Waals surface area (Å²) in [5.74, 6) is 0.656. The summed E-state index contributed by atoms with van der Waals surface area (Å²) in [5, 5.41) is 2.19. The molecule has 2 nitrogen and oxygen atoms in total. The molecule has 4 N–H and O–H groups in total. The Hall–Kier alpha value is 0.914. The predicted molar refractivity (Wildman–Crippen MR) is 91.0 cm³/mol. The minimum Gasteiger partial charge on any atom is -1.00 e. The van der Waals surface area contributed by atoms with Crippen molar-refractivity contribution in [2.45, 2.75) is 60.3 Å². The third kappa shape index (κ3) is 17.5. The summed E-state index contributed by atoms with van der Waals surface area (Å²) >= 11 is 1.89. The zero-order valence-electron chi connectivity index (χ0n) is 15.0. The van der Waals surface area contributed by atoms with Crippen LogP contribution in [0.1, 0.15) is 65.2 Å². The second-order valence-electron chi connectivity index (χ2n) is 7.32. The molecule has 0 aliphatic rings. The van der Waals surface area contributed by atoms with Crippen LogP contribution in [0.4, 0.5) is 0 Å². The van der Waals surface area contributed by atoms with Crippen molar-refractivity contribution in [2.75, 3.05) is 0 Å². The molecule has 0 aliphatic carbocycles. The average Bonchev–Trinajstić information content (AvgIpc) is 2.67. The summed E-state index contributed by atoms with van der Waals surface area (Å²) < 4.78 is 0. The van der Waals surface area contributed by atoms with E-state index in [1.54, 1.807) is 0 Å². The maximum atomic E-state index is 2.47. The molecule has 0 aliphatic heterocycles. The van der Waals surface area contributed by atoms with Crippen molar-refractivity contribution in [3.8, 4) is 0 Å². The molecule has 136 valence electrons. The van der Waals surface area contributed by atoms with Gasteiger partial charge in [-0.2, -0.15) is 23.7 Å². The van der Waals surface area contributed by atoms with Gasteiger partial charge >= 0.3 is 21.7 Å². The molecule has 0 aromatic carbocycles. The molecule has 0 unspecified atom stereocenters. The van der Waals surface area contributed by atoms with Crippen molar-refractivity contribution in [1.82, 2.24) is 0 Å². The van der Waals surface area contributed by atoms with Crippen LogP contribution in [0.3, 0.4) is 0 Å². The maximum absolute atomic E-state index is 2.47. The Kier molecular flexibility index (Phi) is 23.2. The number of hydrogen-bond donors (Lipinski definition) is 0. The van der Waals surface area contributed by atoms with Crippen LogP contribution < -0.4 is 24.8 Å². The van der Waals surface area contributed by atoms with E-state index >= 15 is 0 Å². The molecule has 0 bridgehead atoms. The van der Waals surface area contributed by atoms with Crippen LogP contribution in [-0.4, -0.2) is 11.0 Å². The SMILES string of the molecule is CC(C)(C)[CH-]CC(C[CH-]C(C)(C)C)c1cccs1.O.O.[Cl-].[Cl-].[Ti+4]. The molecule has 1 aromatic heterocycles. The molecule has 1 rings (SSSR count). The van der Waals surface area contributed by atoms with Crippen molar-refractivity contribution in [3.05, 3.63) is 35.2 Å². The van der Waals surface area contributed by atoms with Gasteiger partial charge in [0.1, 0.15) is 0 Å². The molecule has 0 amide bonds. The van der Waals surface area contributed by atoms with Gasteiger partial charge in [0.25, 0.3) is 0 Å². The Morgan fingerprint density at radius 2 is 1.30 bits per heavy atom. The van der Waals surface area contributed by atoms with E-state index in [0.29, 0.717) is 16.7 Å². The van der Waals surface area contributed by atoms with Gasteiger partial charge in [0.05, 0.1) is 0 Å². The third-order valence-corrected chi connectivity index (χ3v) is 4.01. The third-order valence-electron chi connectivity index (χ3n) is 2.98. The summed E-state index contributed by atoms with van der Waals surface area (Å²) in [6.45, 7) is 13.7. The standard InChI is InChI=1S/C17H28S.2ClH.2H2O.Ti/c1-16(2,3)11-9-14(10-12-17(4,5)6)15-8-7-13-18-15;;;;;/h7-8,11-14H,9-10H2,1-6H3;2*1H;2*1H2;/q-2;;;;;+4/p-2. The Bertz CT molecular complexity index is 328. The van der Waals surface area contributed by atoms with Gasteiger partial charge in [-0.25, -0.2) is 0 Å². The fraction of sp³-hybridized carbons (Fsp3) is 0.647. The quantitative estimate of drug-likeness (QED) is 0.411. The van der Waals surface area contributed by atoms with Gasteiger partial charge in [0, 0.05) is 4.88 Å². The van der Waals surface area contributed by atoms with E-state index in [4.69, 9.17) is 0 Å². The molecular formula is C17H32Cl2O2STi. The largest absolute Gasteiger partial charge is 4.00 e. The van der Waals surface area contributed by atoms with Crippen molar-refractivity contribution in [1.29, 1.82) is 0 Å². The molecular weight excluding hydrogens is 387 g/mol. The molecule has 1 aromatic rings. The number of rotatable bonds is 5. The van der Waals surface area contributed by atoms with E-state index in [1.807, 2.05) is 11.3 Å².